The second-order valence-corrected chi connectivity index (χ2v) is 11.4. The summed E-state index contributed by atoms with van der Waals surface area (Å²) in [4.78, 5) is 39.3. The van der Waals surface area contributed by atoms with Crippen molar-refractivity contribution in [2.75, 3.05) is 11.9 Å². The standard InChI is InChI=1S/C25H27ClFN5O4S2/c1-4-36-24(35)19-14-8-5-6-11-17(14)38-23(19)29-21(33)13(2)37-25-31-30-18(32(25)3)12-28-22(34)20-15(26)9-7-10-16(20)27/h7,9-10,13H,4-6,8,11-12H2,1-3H3,(H,28,34)(H,29,33)/t13-/m0/s1. The second-order valence-electron chi connectivity index (χ2n) is 8.62. The second kappa shape index (κ2) is 12.3. The van der Waals surface area contributed by atoms with Crippen LogP contribution in [-0.2, 0) is 36.0 Å². The number of carbonyl (C=O) groups is 3. The molecule has 202 valence electrons. The molecule has 13 heteroatoms. The van der Waals surface area contributed by atoms with Gasteiger partial charge in [-0.15, -0.1) is 21.5 Å². The summed E-state index contributed by atoms with van der Waals surface area (Å²) in [5, 5.41) is 14.1. The summed E-state index contributed by atoms with van der Waals surface area (Å²) in [5.74, 6) is -1.68. The lowest BCUT2D eigenvalue weighted by atomic mass is 9.95. The number of hydrogen-bond donors (Lipinski definition) is 2. The lowest BCUT2D eigenvalue weighted by Gasteiger charge is -2.13. The van der Waals surface area contributed by atoms with E-state index in [-0.39, 0.29) is 29.6 Å². The Hall–Kier alpha value is -2.96. The van der Waals surface area contributed by atoms with Crippen LogP contribution in [0.4, 0.5) is 9.39 Å². The highest BCUT2D eigenvalue weighted by Crippen LogP contribution is 2.39. The molecule has 2 heterocycles. The molecule has 0 saturated heterocycles. The van der Waals surface area contributed by atoms with Crippen LogP contribution in [-0.4, -0.2) is 44.4 Å². The Morgan fingerprint density at radius 3 is 2.74 bits per heavy atom. The Morgan fingerprint density at radius 1 is 1.24 bits per heavy atom. The maximum Gasteiger partial charge on any atom is 0.341 e. The molecule has 0 radical (unpaired) electrons. The van der Waals surface area contributed by atoms with Crippen LogP contribution in [0.5, 0.6) is 0 Å². The van der Waals surface area contributed by atoms with Gasteiger partial charge in [-0.25, -0.2) is 9.18 Å². The molecule has 0 saturated carbocycles. The number of amides is 2. The van der Waals surface area contributed by atoms with E-state index >= 15 is 0 Å². The molecule has 38 heavy (non-hydrogen) atoms. The van der Waals surface area contributed by atoms with Crippen molar-refractivity contribution in [2.24, 2.45) is 7.05 Å². The number of fused-ring (bicyclic) bond motifs is 1. The van der Waals surface area contributed by atoms with E-state index in [1.165, 1.54) is 35.2 Å². The summed E-state index contributed by atoms with van der Waals surface area (Å²) in [6, 6.07) is 4.01. The Kier molecular flexibility index (Phi) is 9.06. The van der Waals surface area contributed by atoms with Crippen molar-refractivity contribution in [3.63, 3.8) is 0 Å². The fraction of sp³-hybridized carbons (Fsp3) is 0.400. The number of rotatable bonds is 9. The molecule has 3 aromatic rings. The van der Waals surface area contributed by atoms with E-state index in [2.05, 4.69) is 20.8 Å². The molecule has 0 unspecified atom stereocenters. The first-order chi connectivity index (χ1) is 18.2. The van der Waals surface area contributed by atoms with Crippen LogP contribution in [0.15, 0.2) is 23.4 Å². The zero-order chi connectivity index (χ0) is 27.4. The predicted octanol–water partition coefficient (Wildman–Crippen LogP) is 4.77. The summed E-state index contributed by atoms with van der Waals surface area (Å²) in [6.07, 6.45) is 3.73. The summed E-state index contributed by atoms with van der Waals surface area (Å²) in [7, 11) is 1.71. The molecule has 1 atom stereocenters. The van der Waals surface area contributed by atoms with Gasteiger partial charge in [0.2, 0.25) is 5.91 Å². The number of halogens is 2. The lowest BCUT2D eigenvalue weighted by molar-refractivity contribution is -0.115. The SMILES string of the molecule is CCOC(=O)c1c(NC(=O)[C@H](C)Sc2nnc(CNC(=O)c3c(F)cccc3Cl)n2C)sc2c1CCCC2. The molecule has 0 aliphatic heterocycles. The summed E-state index contributed by atoms with van der Waals surface area (Å²) in [6.45, 7) is 3.72. The van der Waals surface area contributed by atoms with Gasteiger partial charge in [0.15, 0.2) is 11.0 Å². The van der Waals surface area contributed by atoms with Crippen molar-refractivity contribution in [1.29, 1.82) is 0 Å². The lowest BCUT2D eigenvalue weighted by Crippen LogP contribution is -2.26. The van der Waals surface area contributed by atoms with Gasteiger partial charge in [0, 0.05) is 11.9 Å². The average Bonchev–Trinajstić information content (AvgIpc) is 3.42. The van der Waals surface area contributed by atoms with Gasteiger partial charge in [-0.2, -0.15) is 0 Å². The fourth-order valence-corrected chi connectivity index (χ4v) is 6.43. The number of benzene rings is 1. The topological polar surface area (TPSA) is 115 Å². The van der Waals surface area contributed by atoms with Crippen molar-refractivity contribution in [1.82, 2.24) is 20.1 Å². The molecular formula is C25H27ClFN5O4S2. The average molecular weight is 580 g/mol. The largest absolute Gasteiger partial charge is 0.462 e. The Bertz CT molecular complexity index is 1360. The highest BCUT2D eigenvalue weighted by Gasteiger charge is 2.29. The Labute approximate surface area is 232 Å². The minimum atomic E-state index is -0.721. The molecule has 0 fully saturated rings. The molecule has 1 aliphatic rings. The van der Waals surface area contributed by atoms with Crippen molar-refractivity contribution in [3.05, 3.63) is 56.4 Å². The zero-order valence-corrected chi connectivity index (χ0v) is 23.5. The molecule has 2 N–H and O–H groups in total. The summed E-state index contributed by atoms with van der Waals surface area (Å²) < 4.78 is 20.9. The van der Waals surface area contributed by atoms with Crippen LogP contribution in [0, 0.1) is 5.82 Å². The number of aromatic nitrogens is 3. The molecule has 9 nitrogen and oxygen atoms in total. The van der Waals surface area contributed by atoms with Gasteiger partial charge < -0.3 is 19.9 Å². The minimum Gasteiger partial charge on any atom is -0.462 e. The highest BCUT2D eigenvalue weighted by molar-refractivity contribution is 8.00. The van der Waals surface area contributed by atoms with Gasteiger partial charge in [-0.3, -0.25) is 9.59 Å². The fourth-order valence-electron chi connectivity index (χ4n) is 4.06. The monoisotopic (exact) mass is 579 g/mol. The van der Waals surface area contributed by atoms with Crippen molar-refractivity contribution >= 4 is 57.5 Å². The number of esters is 1. The third-order valence-electron chi connectivity index (χ3n) is 6.06. The van der Waals surface area contributed by atoms with E-state index in [4.69, 9.17) is 16.3 Å². The Morgan fingerprint density at radius 2 is 2.00 bits per heavy atom. The minimum absolute atomic E-state index is 0.00857. The first kappa shape index (κ1) is 28.1. The number of anilines is 1. The van der Waals surface area contributed by atoms with E-state index in [0.29, 0.717) is 21.5 Å². The predicted molar refractivity (Wildman–Crippen MR) is 144 cm³/mol. The van der Waals surface area contributed by atoms with E-state index in [1.54, 1.807) is 25.5 Å². The van der Waals surface area contributed by atoms with Gasteiger partial charge in [-0.1, -0.05) is 29.4 Å². The van der Waals surface area contributed by atoms with Crippen LogP contribution in [0.25, 0.3) is 0 Å². The maximum absolute atomic E-state index is 14.0. The maximum atomic E-state index is 14.0. The van der Waals surface area contributed by atoms with E-state index in [0.717, 1.165) is 42.2 Å². The summed E-state index contributed by atoms with van der Waals surface area (Å²) >= 11 is 8.58. The number of nitrogens with one attached hydrogen (secondary N) is 2. The van der Waals surface area contributed by atoms with Gasteiger partial charge in [-0.05, 0) is 57.2 Å². The van der Waals surface area contributed by atoms with E-state index in [9.17, 15) is 18.8 Å². The summed E-state index contributed by atoms with van der Waals surface area (Å²) in [5.41, 5.74) is 1.20. The number of thioether (sulfide) groups is 1. The van der Waals surface area contributed by atoms with Gasteiger partial charge in [0.25, 0.3) is 5.91 Å². The van der Waals surface area contributed by atoms with Crippen LogP contribution >= 0.6 is 34.7 Å². The van der Waals surface area contributed by atoms with Crippen LogP contribution in [0.3, 0.4) is 0 Å². The Balaban J connectivity index is 1.41. The molecule has 2 aromatic heterocycles. The molecule has 0 spiro atoms. The first-order valence-corrected chi connectivity index (χ1v) is 14.2. The number of aryl methyl sites for hydroxylation is 1. The van der Waals surface area contributed by atoms with Crippen molar-refractivity contribution in [2.45, 2.75) is 56.5 Å². The number of nitrogens with zero attached hydrogens (tertiary/aromatic N) is 3. The number of carbonyl (C=O) groups excluding carboxylic acids is 3. The van der Waals surface area contributed by atoms with Crippen molar-refractivity contribution in [3.8, 4) is 0 Å². The highest BCUT2D eigenvalue weighted by atomic mass is 35.5. The van der Waals surface area contributed by atoms with Crippen LogP contribution < -0.4 is 10.6 Å². The van der Waals surface area contributed by atoms with Gasteiger partial charge >= 0.3 is 5.97 Å². The number of hydrogen-bond acceptors (Lipinski definition) is 8. The van der Waals surface area contributed by atoms with Crippen molar-refractivity contribution < 1.29 is 23.5 Å². The molecule has 0 bridgehead atoms. The quantitative estimate of drug-likeness (QED) is 0.277. The normalized spacial score (nSPS) is 13.5. The van der Waals surface area contributed by atoms with Crippen LogP contribution in [0.1, 0.15) is 63.7 Å². The van der Waals surface area contributed by atoms with E-state index < -0.39 is 22.9 Å². The molecule has 1 aliphatic carbocycles. The van der Waals surface area contributed by atoms with E-state index in [1.807, 2.05) is 0 Å². The van der Waals surface area contributed by atoms with Gasteiger partial charge in [0.1, 0.15) is 10.8 Å². The molecular weight excluding hydrogens is 553 g/mol. The number of thiophene rings is 1. The first-order valence-electron chi connectivity index (χ1n) is 12.1. The third-order valence-corrected chi connectivity index (χ3v) is 8.72. The van der Waals surface area contributed by atoms with Crippen LogP contribution in [0.2, 0.25) is 5.02 Å². The zero-order valence-electron chi connectivity index (χ0n) is 21.1. The number of ether oxygens (including phenoxy) is 1. The van der Waals surface area contributed by atoms with Gasteiger partial charge in [0.05, 0.1) is 34.6 Å². The third kappa shape index (κ3) is 6.02. The molecule has 4 rings (SSSR count). The molecule has 2 amide bonds. The smallest absolute Gasteiger partial charge is 0.341 e. The molecule has 1 aromatic carbocycles.